The molecular formula is C17H27N3O2. The molecule has 3 rings (SSSR count). The fourth-order valence-corrected chi connectivity index (χ4v) is 3.09. The number of likely N-dealkylation sites (tertiary alicyclic amines) is 1. The maximum Gasteiger partial charge on any atom is 0.161 e. The Bertz CT molecular complexity index is 483. The standard InChI is InChI=1S/C17H27N3O2/c1-19-12-15(13-19)22-17-11-14(3-4-16(17)21-2)5-8-20-9-6-18-7-10-20/h3-4,11,15,18H,5-10,12-13H2,1-2H3. The number of benzene rings is 1. The summed E-state index contributed by atoms with van der Waals surface area (Å²) >= 11 is 0. The Labute approximate surface area is 133 Å². The maximum atomic E-state index is 6.08. The second-order valence-electron chi connectivity index (χ2n) is 6.29. The number of hydrogen-bond donors (Lipinski definition) is 1. The average molecular weight is 305 g/mol. The summed E-state index contributed by atoms with van der Waals surface area (Å²) < 4.78 is 11.5. The van der Waals surface area contributed by atoms with E-state index >= 15 is 0 Å². The number of methoxy groups -OCH3 is 1. The molecule has 1 aromatic carbocycles. The van der Waals surface area contributed by atoms with Gasteiger partial charge in [-0.15, -0.1) is 0 Å². The number of nitrogens with zero attached hydrogens (tertiary/aromatic N) is 2. The van der Waals surface area contributed by atoms with Gasteiger partial charge >= 0.3 is 0 Å². The van der Waals surface area contributed by atoms with Crippen LogP contribution in [0.4, 0.5) is 0 Å². The van der Waals surface area contributed by atoms with E-state index in [4.69, 9.17) is 9.47 Å². The molecule has 0 aromatic heterocycles. The first-order valence-corrected chi connectivity index (χ1v) is 8.20. The molecule has 0 saturated carbocycles. The van der Waals surface area contributed by atoms with E-state index in [1.54, 1.807) is 7.11 Å². The van der Waals surface area contributed by atoms with Gasteiger partial charge in [-0.2, -0.15) is 0 Å². The number of hydrogen-bond acceptors (Lipinski definition) is 5. The molecule has 5 nitrogen and oxygen atoms in total. The highest BCUT2D eigenvalue weighted by Gasteiger charge is 2.26. The van der Waals surface area contributed by atoms with Gasteiger partial charge in [0.1, 0.15) is 6.10 Å². The molecule has 2 heterocycles. The third-order valence-electron chi connectivity index (χ3n) is 4.48. The monoisotopic (exact) mass is 305 g/mol. The molecule has 1 aromatic rings. The van der Waals surface area contributed by atoms with Gasteiger partial charge in [-0.1, -0.05) is 6.07 Å². The predicted molar refractivity (Wildman–Crippen MR) is 87.9 cm³/mol. The Morgan fingerprint density at radius 2 is 1.95 bits per heavy atom. The first-order valence-electron chi connectivity index (χ1n) is 8.20. The summed E-state index contributed by atoms with van der Waals surface area (Å²) in [6, 6.07) is 6.34. The van der Waals surface area contributed by atoms with Gasteiger partial charge in [0, 0.05) is 45.8 Å². The largest absolute Gasteiger partial charge is 0.493 e. The Kier molecular flexibility index (Phi) is 5.18. The van der Waals surface area contributed by atoms with Crippen molar-refractivity contribution in [3.8, 4) is 11.5 Å². The van der Waals surface area contributed by atoms with Crippen molar-refractivity contribution >= 4 is 0 Å². The fourth-order valence-electron chi connectivity index (χ4n) is 3.09. The third-order valence-corrected chi connectivity index (χ3v) is 4.48. The summed E-state index contributed by atoms with van der Waals surface area (Å²) in [7, 11) is 3.82. The van der Waals surface area contributed by atoms with E-state index < -0.39 is 0 Å². The molecule has 5 heteroatoms. The normalized spacial score (nSPS) is 20.6. The van der Waals surface area contributed by atoms with Gasteiger partial charge in [0.2, 0.25) is 0 Å². The Balaban J connectivity index is 1.59. The molecule has 1 N–H and O–H groups in total. The van der Waals surface area contributed by atoms with Gasteiger partial charge < -0.3 is 19.7 Å². The molecule has 0 aliphatic carbocycles. The lowest BCUT2D eigenvalue weighted by atomic mass is 10.1. The second kappa shape index (κ2) is 7.31. The summed E-state index contributed by atoms with van der Waals surface area (Å²) in [6.07, 6.45) is 1.35. The summed E-state index contributed by atoms with van der Waals surface area (Å²) in [4.78, 5) is 4.77. The zero-order valence-corrected chi connectivity index (χ0v) is 13.7. The number of nitrogens with one attached hydrogen (secondary N) is 1. The van der Waals surface area contributed by atoms with Gasteiger partial charge in [0.25, 0.3) is 0 Å². The maximum absolute atomic E-state index is 6.08. The van der Waals surface area contributed by atoms with E-state index in [1.165, 1.54) is 5.56 Å². The zero-order chi connectivity index (χ0) is 15.4. The predicted octanol–water partition coefficient (Wildman–Crippen LogP) is 0.836. The topological polar surface area (TPSA) is 37.0 Å². The molecule has 2 fully saturated rings. The van der Waals surface area contributed by atoms with Gasteiger partial charge in [-0.25, -0.2) is 0 Å². The van der Waals surface area contributed by atoms with E-state index in [2.05, 4.69) is 34.3 Å². The van der Waals surface area contributed by atoms with Crippen LogP contribution in [0, 0.1) is 0 Å². The SMILES string of the molecule is COc1ccc(CCN2CCNCC2)cc1OC1CN(C)C1. The van der Waals surface area contributed by atoms with Crippen molar-refractivity contribution in [2.45, 2.75) is 12.5 Å². The van der Waals surface area contributed by atoms with Crippen LogP contribution in [-0.4, -0.2) is 75.9 Å². The molecule has 0 radical (unpaired) electrons. The minimum atomic E-state index is 0.294. The summed E-state index contributed by atoms with van der Waals surface area (Å²) in [5.41, 5.74) is 1.32. The molecule has 22 heavy (non-hydrogen) atoms. The fraction of sp³-hybridized carbons (Fsp3) is 0.647. The minimum absolute atomic E-state index is 0.294. The molecule has 0 unspecified atom stereocenters. The first kappa shape index (κ1) is 15.6. The number of likely N-dealkylation sites (N-methyl/N-ethyl adjacent to an activating group) is 1. The number of piperazine rings is 1. The van der Waals surface area contributed by atoms with E-state index in [9.17, 15) is 0 Å². The number of rotatable bonds is 6. The van der Waals surface area contributed by atoms with E-state index in [1.807, 2.05) is 6.07 Å². The molecule has 0 bridgehead atoms. The van der Waals surface area contributed by atoms with Crippen molar-refractivity contribution in [3.63, 3.8) is 0 Å². The van der Waals surface area contributed by atoms with Crippen LogP contribution in [-0.2, 0) is 6.42 Å². The zero-order valence-electron chi connectivity index (χ0n) is 13.7. The highest BCUT2D eigenvalue weighted by Crippen LogP contribution is 2.30. The van der Waals surface area contributed by atoms with E-state index in [0.717, 1.165) is 63.7 Å². The van der Waals surface area contributed by atoms with Crippen LogP contribution >= 0.6 is 0 Å². The van der Waals surface area contributed by atoms with Crippen LogP contribution in [0.25, 0.3) is 0 Å². The van der Waals surface area contributed by atoms with Crippen LogP contribution in [0.3, 0.4) is 0 Å². The van der Waals surface area contributed by atoms with Crippen LogP contribution in [0.5, 0.6) is 11.5 Å². The third kappa shape index (κ3) is 3.91. The van der Waals surface area contributed by atoms with Crippen molar-refractivity contribution in [1.82, 2.24) is 15.1 Å². The number of ether oxygens (including phenoxy) is 2. The van der Waals surface area contributed by atoms with Crippen LogP contribution in [0.1, 0.15) is 5.56 Å². The van der Waals surface area contributed by atoms with Crippen molar-refractivity contribution in [3.05, 3.63) is 23.8 Å². The summed E-state index contributed by atoms with van der Waals surface area (Å²) in [5.74, 6) is 1.72. The Hall–Kier alpha value is -1.30. The van der Waals surface area contributed by atoms with Crippen LogP contribution in [0.2, 0.25) is 0 Å². The lowest BCUT2D eigenvalue weighted by Crippen LogP contribution is -2.51. The van der Waals surface area contributed by atoms with Gasteiger partial charge in [-0.3, -0.25) is 4.90 Å². The molecule has 2 aliphatic heterocycles. The van der Waals surface area contributed by atoms with Crippen molar-refractivity contribution in [2.24, 2.45) is 0 Å². The van der Waals surface area contributed by atoms with E-state index in [-0.39, 0.29) is 0 Å². The average Bonchev–Trinajstić information content (AvgIpc) is 2.53. The molecule has 122 valence electrons. The van der Waals surface area contributed by atoms with E-state index in [0.29, 0.717) is 6.10 Å². The molecular weight excluding hydrogens is 278 g/mol. The molecule has 0 spiro atoms. The van der Waals surface area contributed by atoms with Gasteiger partial charge in [0.05, 0.1) is 7.11 Å². The Morgan fingerprint density at radius 1 is 1.18 bits per heavy atom. The van der Waals surface area contributed by atoms with Crippen LogP contribution in [0.15, 0.2) is 18.2 Å². The molecule has 2 aliphatic rings. The minimum Gasteiger partial charge on any atom is -0.493 e. The highest BCUT2D eigenvalue weighted by atomic mass is 16.5. The molecule has 0 amide bonds. The second-order valence-corrected chi connectivity index (χ2v) is 6.29. The molecule has 2 saturated heterocycles. The quantitative estimate of drug-likeness (QED) is 0.843. The Morgan fingerprint density at radius 3 is 2.64 bits per heavy atom. The molecule has 0 atom stereocenters. The van der Waals surface area contributed by atoms with Crippen molar-refractivity contribution < 1.29 is 9.47 Å². The van der Waals surface area contributed by atoms with Crippen LogP contribution < -0.4 is 14.8 Å². The van der Waals surface area contributed by atoms with Crippen molar-refractivity contribution in [2.75, 3.05) is 60.0 Å². The van der Waals surface area contributed by atoms with Gasteiger partial charge in [0.15, 0.2) is 11.5 Å². The first-order chi connectivity index (χ1) is 10.7. The lowest BCUT2D eigenvalue weighted by Gasteiger charge is -2.36. The summed E-state index contributed by atoms with van der Waals surface area (Å²) in [5, 5.41) is 3.39. The smallest absolute Gasteiger partial charge is 0.161 e. The van der Waals surface area contributed by atoms with Crippen molar-refractivity contribution in [1.29, 1.82) is 0 Å². The highest BCUT2D eigenvalue weighted by molar-refractivity contribution is 5.43. The summed E-state index contributed by atoms with van der Waals surface area (Å²) in [6.45, 7) is 7.60. The lowest BCUT2D eigenvalue weighted by molar-refractivity contribution is 0.0369. The van der Waals surface area contributed by atoms with Gasteiger partial charge in [-0.05, 0) is 31.2 Å².